The Morgan fingerprint density at radius 1 is 1.05 bits per heavy atom. The second-order valence-corrected chi connectivity index (χ2v) is 10.3. The van der Waals surface area contributed by atoms with Gasteiger partial charge in [-0.15, -0.1) is 0 Å². The number of anilines is 3. The molecule has 2 aromatic heterocycles. The minimum absolute atomic E-state index is 0.00482. The molecule has 5 rings (SSSR count). The molecule has 0 atom stereocenters. The molecule has 0 saturated heterocycles. The molecule has 2 aliphatic rings. The SMILES string of the molecule is CN(C)C(=O)[C@H]1CC[C@@H](n2c(Nc3ccc(F)cc3F)nc3cnc(N[C@H]4CC[C@H](O)CC4)nc32)CC1. The van der Waals surface area contributed by atoms with Crippen molar-refractivity contribution in [3.63, 3.8) is 0 Å². The van der Waals surface area contributed by atoms with E-state index in [4.69, 9.17) is 4.98 Å². The highest BCUT2D eigenvalue weighted by Gasteiger charge is 2.31. The number of hydrogen-bond donors (Lipinski definition) is 3. The quantitative estimate of drug-likeness (QED) is 0.449. The Bertz CT molecular complexity index is 1270. The van der Waals surface area contributed by atoms with Crippen LogP contribution in [0.15, 0.2) is 24.4 Å². The molecule has 1 amide bonds. The molecular formula is C26H33F2N7O2. The van der Waals surface area contributed by atoms with E-state index >= 15 is 0 Å². The van der Waals surface area contributed by atoms with Gasteiger partial charge < -0.3 is 20.6 Å². The summed E-state index contributed by atoms with van der Waals surface area (Å²) in [6.07, 6.45) is 7.48. The number of rotatable bonds is 6. The lowest BCUT2D eigenvalue weighted by atomic mass is 9.85. The van der Waals surface area contributed by atoms with Gasteiger partial charge in [0.15, 0.2) is 5.65 Å². The van der Waals surface area contributed by atoms with Crippen LogP contribution in [0.25, 0.3) is 11.2 Å². The van der Waals surface area contributed by atoms with Gasteiger partial charge in [0.1, 0.15) is 17.2 Å². The Morgan fingerprint density at radius 2 is 1.78 bits per heavy atom. The average molecular weight is 514 g/mol. The van der Waals surface area contributed by atoms with Gasteiger partial charge in [-0.3, -0.25) is 9.36 Å². The molecule has 2 heterocycles. The number of hydrogen-bond acceptors (Lipinski definition) is 7. The van der Waals surface area contributed by atoms with Gasteiger partial charge in [0, 0.05) is 38.2 Å². The van der Waals surface area contributed by atoms with Crippen LogP contribution in [0.3, 0.4) is 0 Å². The maximum atomic E-state index is 14.5. The lowest BCUT2D eigenvalue weighted by Gasteiger charge is -2.31. The van der Waals surface area contributed by atoms with Crippen molar-refractivity contribution in [3.05, 3.63) is 36.0 Å². The first-order valence-electron chi connectivity index (χ1n) is 12.9. The summed E-state index contributed by atoms with van der Waals surface area (Å²) >= 11 is 0. The molecule has 0 unspecified atom stereocenters. The van der Waals surface area contributed by atoms with Gasteiger partial charge in [0.05, 0.1) is 18.0 Å². The van der Waals surface area contributed by atoms with Crippen molar-refractivity contribution in [3.8, 4) is 0 Å². The number of carbonyl (C=O) groups is 1. The average Bonchev–Trinajstić information content (AvgIpc) is 3.24. The van der Waals surface area contributed by atoms with Gasteiger partial charge in [0.2, 0.25) is 17.8 Å². The second kappa shape index (κ2) is 10.6. The molecule has 9 nitrogen and oxygen atoms in total. The fourth-order valence-corrected chi connectivity index (χ4v) is 5.45. The van der Waals surface area contributed by atoms with Gasteiger partial charge >= 0.3 is 0 Å². The van der Waals surface area contributed by atoms with Crippen molar-refractivity contribution in [1.82, 2.24) is 24.4 Å². The highest BCUT2D eigenvalue weighted by Crippen LogP contribution is 2.38. The predicted molar refractivity (Wildman–Crippen MR) is 137 cm³/mol. The number of benzene rings is 1. The Kier molecular flexibility index (Phi) is 7.23. The molecule has 0 radical (unpaired) electrons. The van der Waals surface area contributed by atoms with E-state index < -0.39 is 11.6 Å². The van der Waals surface area contributed by atoms with Crippen LogP contribution in [0.1, 0.15) is 57.4 Å². The third kappa shape index (κ3) is 5.51. The topological polar surface area (TPSA) is 108 Å². The number of amides is 1. The van der Waals surface area contributed by atoms with Gasteiger partial charge in [0.25, 0.3) is 0 Å². The molecule has 3 N–H and O–H groups in total. The summed E-state index contributed by atoms with van der Waals surface area (Å²) in [5.74, 6) is -0.391. The van der Waals surface area contributed by atoms with Crippen molar-refractivity contribution in [2.75, 3.05) is 24.7 Å². The summed E-state index contributed by atoms with van der Waals surface area (Å²) in [5.41, 5.74) is 1.28. The number of halogens is 2. The van der Waals surface area contributed by atoms with Crippen LogP contribution in [0.4, 0.5) is 26.4 Å². The van der Waals surface area contributed by atoms with Gasteiger partial charge in [-0.05, 0) is 63.5 Å². The number of aliphatic hydroxyl groups excluding tert-OH is 1. The van der Waals surface area contributed by atoms with E-state index in [0.29, 0.717) is 23.1 Å². The van der Waals surface area contributed by atoms with Crippen molar-refractivity contribution < 1.29 is 18.7 Å². The minimum Gasteiger partial charge on any atom is -0.393 e. The standard InChI is InChI=1S/C26H33F2N7O2/c1-34(2)24(37)15-3-8-18(9-4-15)35-23-22(32-26(35)31-21-12-5-16(27)13-20(21)28)14-29-25(33-23)30-17-6-10-19(36)11-7-17/h5,12-15,17-19,36H,3-4,6-11H2,1-2H3,(H,31,32)(H,29,30,33)/t15-,17-,18+,19-. The van der Waals surface area contributed by atoms with Crippen LogP contribution in [-0.2, 0) is 4.79 Å². The summed E-state index contributed by atoms with van der Waals surface area (Å²) in [7, 11) is 3.55. The number of nitrogens with zero attached hydrogens (tertiary/aromatic N) is 5. The summed E-state index contributed by atoms with van der Waals surface area (Å²) < 4.78 is 29.9. The summed E-state index contributed by atoms with van der Waals surface area (Å²) in [4.78, 5) is 28.0. The maximum Gasteiger partial charge on any atom is 0.225 e. The molecule has 0 aliphatic heterocycles. The van der Waals surface area contributed by atoms with E-state index in [1.807, 2.05) is 4.57 Å². The second-order valence-electron chi connectivity index (χ2n) is 10.3. The summed E-state index contributed by atoms with van der Waals surface area (Å²) in [6.45, 7) is 0. The molecule has 2 saturated carbocycles. The maximum absolute atomic E-state index is 14.5. The lowest BCUT2D eigenvalue weighted by Crippen LogP contribution is -2.33. The Morgan fingerprint density at radius 3 is 2.46 bits per heavy atom. The van der Waals surface area contributed by atoms with Gasteiger partial charge in [-0.25, -0.2) is 18.7 Å². The van der Waals surface area contributed by atoms with E-state index in [0.717, 1.165) is 57.4 Å². The van der Waals surface area contributed by atoms with Crippen molar-refractivity contribution in [2.24, 2.45) is 5.92 Å². The number of carbonyl (C=O) groups excluding carboxylic acids is 1. The smallest absolute Gasteiger partial charge is 0.225 e. The molecule has 0 spiro atoms. The summed E-state index contributed by atoms with van der Waals surface area (Å²) in [6, 6.07) is 3.54. The zero-order valence-corrected chi connectivity index (χ0v) is 21.1. The molecule has 1 aromatic carbocycles. The zero-order chi connectivity index (χ0) is 26.1. The normalized spacial score (nSPS) is 24.1. The fraction of sp³-hybridized carbons (Fsp3) is 0.538. The molecule has 0 bridgehead atoms. The van der Waals surface area contributed by atoms with Crippen molar-refractivity contribution in [2.45, 2.75) is 69.6 Å². The minimum atomic E-state index is -0.716. The van der Waals surface area contributed by atoms with Crippen molar-refractivity contribution >= 4 is 34.7 Å². The van der Waals surface area contributed by atoms with Crippen LogP contribution < -0.4 is 10.6 Å². The van der Waals surface area contributed by atoms with Crippen LogP contribution in [0.2, 0.25) is 0 Å². The molecular weight excluding hydrogens is 480 g/mol. The van der Waals surface area contributed by atoms with E-state index in [1.54, 1.807) is 25.2 Å². The summed E-state index contributed by atoms with van der Waals surface area (Å²) in [5, 5.41) is 16.2. The Labute approximate surface area is 214 Å². The molecule has 11 heteroatoms. The molecule has 2 aliphatic carbocycles. The number of aromatic nitrogens is 4. The first-order chi connectivity index (χ1) is 17.8. The highest BCUT2D eigenvalue weighted by molar-refractivity contribution is 5.79. The van der Waals surface area contributed by atoms with Crippen LogP contribution in [0.5, 0.6) is 0 Å². The lowest BCUT2D eigenvalue weighted by molar-refractivity contribution is -0.134. The monoisotopic (exact) mass is 513 g/mol. The molecule has 3 aromatic rings. The molecule has 2 fully saturated rings. The van der Waals surface area contributed by atoms with E-state index in [-0.39, 0.29) is 35.7 Å². The van der Waals surface area contributed by atoms with Crippen LogP contribution in [-0.4, -0.2) is 61.7 Å². The predicted octanol–water partition coefficient (Wildman–Crippen LogP) is 4.38. The molecule has 198 valence electrons. The Hall–Kier alpha value is -3.34. The number of aliphatic hydroxyl groups is 1. The zero-order valence-electron chi connectivity index (χ0n) is 21.1. The third-order valence-electron chi connectivity index (χ3n) is 7.49. The van der Waals surface area contributed by atoms with Crippen LogP contribution >= 0.6 is 0 Å². The van der Waals surface area contributed by atoms with Gasteiger partial charge in [-0.1, -0.05) is 0 Å². The number of fused-ring (bicyclic) bond motifs is 1. The first kappa shape index (κ1) is 25.3. The molecule has 37 heavy (non-hydrogen) atoms. The van der Waals surface area contributed by atoms with Crippen LogP contribution in [0, 0.1) is 17.6 Å². The van der Waals surface area contributed by atoms with Crippen molar-refractivity contribution in [1.29, 1.82) is 0 Å². The largest absolute Gasteiger partial charge is 0.393 e. The number of imidazole rings is 1. The third-order valence-corrected chi connectivity index (χ3v) is 7.49. The fourth-order valence-electron chi connectivity index (χ4n) is 5.45. The van der Waals surface area contributed by atoms with E-state index in [9.17, 15) is 18.7 Å². The first-order valence-corrected chi connectivity index (χ1v) is 12.9. The van der Waals surface area contributed by atoms with E-state index in [2.05, 4.69) is 20.6 Å². The van der Waals surface area contributed by atoms with Gasteiger partial charge in [-0.2, -0.15) is 4.98 Å². The number of nitrogens with one attached hydrogen (secondary N) is 2. The Balaban J connectivity index is 1.46. The highest BCUT2D eigenvalue weighted by atomic mass is 19.1. The van der Waals surface area contributed by atoms with E-state index in [1.165, 1.54) is 12.1 Å².